The van der Waals surface area contributed by atoms with Gasteiger partial charge in [-0.15, -0.1) is 0 Å². The van der Waals surface area contributed by atoms with Gasteiger partial charge in [0, 0.05) is 17.0 Å². The average molecular weight is 574 g/mol. The van der Waals surface area contributed by atoms with Crippen LogP contribution in [0.15, 0.2) is 144 Å². The molecule has 5 aromatic rings. The summed E-state index contributed by atoms with van der Waals surface area (Å²) in [4.78, 5) is 0. The highest BCUT2D eigenvalue weighted by molar-refractivity contribution is 6.06. The molecule has 0 radical (unpaired) electrons. The van der Waals surface area contributed by atoms with Gasteiger partial charge in [0.2, 0.25) is 0 Å². The smallest absolute Gasteiger partial charge is 0.0676 e. The van der Waals surface area contributed by atoms with Crippen LogP contribution in [0.4, 0.5) is 0 Å². The fourth-order valence-electron chi connectivity index (χ4n) is 8.53. The maximum atomic E-state index is 8.51. The maximum absolute atomic E-state index is 8.51. The Labute approximate surface area is 263 Å². The first-order valence-electron chi connectivity index (χ1n) is 16.0. The zero-order valence-electron chi connectivity index (χ0n) is 25.0. The number of nitrogens with one attached hydrogen (secondary N) is 1. The van der Waals surface area contributed by atoms with E-state index in [9.17, 15) is 0 Å². The Hall–Kier alpha value is -5.45. The second-order valence-corrected chi connectivity index (χ2v) is 12.4. The summed E-state index contributed by atoms with van der Waals surface area (Å²) in [7, 11) is 0. The molecule has 0 aliphatic heterocycles. The molecule has 0 heterocycles. The van der Waals surface area contributed by atoms with Crippen molar-refractivity contribution in [2.45, 2.75) is 31.1 Å². The minimum Gasteiger partial charge on any atom is -0.308 e. The molecule has 1 atom stereocenters. The van der Waals surface area contributed by atoms with Crippen LogP contribution in [0.2, 0.25) is 0 Å². The summed E-state index contributed by atoms with van der Waals surface area (Å²) in [5, 5.41) is 12.8. The van der Waals surface area contributed by atoms with E-state index in [1.54, 1.807) is 0 Å². The molecule has 212 valence electrons. The van der Waals surface area contributed by atoms with Gasteiger partial charge in [-0.3, -0.25) is 0 Å². The molecule has 5 aromatic carbocycles. The van der Waals surface area contributed by atoms with Crippen LogP contribution in [0.5, 0.6) is 0 Å². The van der Waals surface area contributed by atoms with Crippen LogP contribution in [-0.2, 0) is 5.41 Å². The third-order valence-corrected chi connectivity index (χ3v) is 10.3. The Morgan fingerprint density at radius 2 is 1.44 bits per heavy atom. The van der Waals surface area contributed by atoms with Gasteiger partial charge in [-0.25, -0.2) is 0 Å². The zero-order chi connectivity index (χ0) is 30.0. The first-order chi connectivity index (χ1) is 22.3. The van der Waals surface area contributed by atoms with Gasteiger partial charge in [0.05, 0.1) is 5.41 Å². The molecule has 0 aromatic heterocycles. The summed E-state index contributed by atoms with van der Waals surface area (Å²) in [6, 6.07) is 37.9. The molecule has 9 rings (SSSR count). The second-order valence-electron chi connectivity index (χ2n) is 12.4. The van der Waals surface area contributed by atoms with Crippen LogP contribution in [0.1, 0.15) is 53.5 Å². The van der Waals surface area contributed by atoms with Crippen molar-refractivity contribution in [2.75, 3.05) is 0 Å². The van der Waals surface area contributed by atoms with Crippen molar-refractivity contribution in [3.63, 3.8) is 0 Å². The van der Waals surface area contributed by atoms with Gasteiger partial charge < -0.3 is 5.41 Å². The van der Waals surface area contributed by atoms with Crippen LogP contribution in [-0.4, -0.2) is 6.21 Å². The van der Waals surface area contributed by atoms with Crippen molar-refractivity contribution in [3.05, 3.63) is 182 Å². The highest BCUT2D eigenvalue weighted by atomic mass is 14.5. The number of hydrogen-bond donors (Lipinski definition) is 1. The van der Waals surface area contributed by atoms with E-state index in [1.807, 2.05) is 6.08 Å². The van der Waals surface area contributed by atoms with E-state index in [0.29, 0.717) is 0 Å². The number of benzene rings is 5. The van der Waals surface area contributed by atoms with E-state index in [2.05, 4.69) is 133 Å². The zero-order valence-corrected chi connectivity index (χ0v) is 25.0. The fourth-order valence-corrected chi connectivity index (χ4v) is 8.53. The molecule has 4 aliphatic rings. The van der Waals surface area contributed by atoms with Crippen molar-refractivity contribution < 1.29 is 0 Å². The SMILES string of the molecule is N=Cc1c(-c2ccc(C3(c4ccccc4)C4=C(C5=CCCC=C5CC4)c4ccccc43)cc2)c2c(c3ccccc13)=C=C=CC=2. The van der Waals surface area contributed by atoms with E-state index in [0.717, 1.165) is 63.6 Å². The molecule has 1 heteroatoms. The van der Waals surface area contributed by atoms with E-state index in [-0.39, 0.29) is 5.41 Å². The van der Waals surface area contributed by atoms with E-state index < -0.39 is 0 Å². The predicted molar refractivity (Wildman–Crippen MR) is 187 cm³/mol. The molecule has 4 aliphatic carbocycles. The van der Waals surface area contributed by atoms with Gasteiger partial charge in [0.1, 0.15) is 0 Å². The lowest BCUT2D eigenvalue weighted by Gasteiger charge is -2.38. The standard InChI is InChI=1S/C44H31N/c45-28-39-36-18-7-6-16-34(36)35-17-8-9-19-37(35)42(39)30-22-25-32(26-23-30)44(31-13-2-1-3-14-31)40-21-11-10-20-38(40)43-33-15-5-4-12-29(33)24-27-41(43)44/h1-3,6-7,9-16,18-23,25-26,28,45H,4-5,24,27H2. The lowest BCUT2D eigenvalue weighted by molar-refractivity contribution is 0.687. The molecule has 0 saturated carbocycles. The molecular formula is C44H31N. The van der Waals surface area contributed by atoms with Crippen molar-refractivity contribution in [1.29, 1.82) is 5.41 Å². The second kappa shape index (κ2) is 10.0. The third kappa shape index (κ3) is 3.60. The van der Waals surface area contributed by atoms with E-state index >= 15 is 0 Å². The monoisotopic (exact) mass is 573 g/mol. The largest absolute Gasteiger partial charge is 0.308 e. The quantitative estimate of drug-likeness (QED) is 0.164. The number of fused-ring (bicyclic) bond motifs is 7. The number of hydrogen-bond acceptors (Lipinski definition) is 1. The molecule has 1 nitrogen and oxygen atoms in total. The van der Waals surface area contributed by atoms with Gasteiger partial charge >= 0.3 is 0 Å². The van der Waals surface area contributed by atoms with Crippen LogP contribution >= 0.6 is 0 Å². The Kier molecular flexibility index (Phi) is 5.80. The lowest BCUT2D eigenvalue weighted by atomic mass is 9.64. The van der Waals surface area contributed by atoms with Crippen LogP contribution in [0.25, 0.3) is 39.3 Å². The number of rotatable bonds is 4. The van der Waals surface area contributed by atoms with Crippen LogP contribution < -0.4 is 10.4 Å². The molecule has 0 fully saturated rings. The molecular weight excluding hydrogens is 542 g/mol. The lowest BCUT2D eigenvalue weighted by Crippen LogP contribution is -2.31. The Balaban J connectivity index is 1.32. The third-order valence-electron chi connectivity index (χ3n) is 10.3. The summed E-state index contributed by atoms with van der Waals surface area (Å²) in [5.74, 6) is 0. The topological polar surface area (TPSA) is 23.9 Å². The molecule has 45 heavy (non-hydrogen) atoms. The molecule has 0 saturated heterocycles. The highest BCUT2D eigenvalue weighted by Crippen LogP contribution is 2.60. The predicted octanol–water partition coefficient (Wildman–Crippen LogP) is 8.93. The summed E-state index contributed by atoms with van der Waals surface area (Å²) < 4.78 is 0. The summed E-state index contributed by atoms with van der Waals surface area (Å²) in [6.07, 6.45) is 14.9. The van der Waals surface area contributed by atoms with Crippen molar-refractivity contribution in [2.24, 2.45) is 0 Å². The Morgan fingerprint density at radius 3 is 2.29 bits per heavy atom. The molecule has 0 bridgehead atoms. The molecule has 1 unspecified atom stereocenters. The number of allylic oxidation sites excluding steroid dienone is 7. The summed E-state index contributed by atoms with van der Waals surface area (Å²) in [5.41, 5.74) is 20.6. The van der Waals surface area contributed by atoms with Gasteiger partial charge in [0.15, 0.2) is 0 Å². The molecule has 1 N–H and O–H groups in total. The van der Waals surface area contributed by atoms with Crippen molar-refractivity contribution in [3.8, 4) is 11.1 Å². The van der Waals surface area contributed by atoms with Crippen molar-refractivity contribution in [1.82, 2.24) is 0 Å². The first kappa shape index (κ1) is 26.0. The molecule has 0 amide bonds. The Bertz CT molecular complexity index is 2390. The average Bonchev–Trinajstić information content (AvgIpc) is 3.43. The Morgan fingerprint density at radius 1 is 0.711 bits per heavy atom. The summed E-state index contributed by atoms with van der Waals surface area (Å²) >= 11 is 0. The normalized spacial score (nSPS) is 19.0. The van der Waals surface area contributed by atoms with Crippen LogP contribution in [0.3, 0.4) is 0 Å². The minimum atomic E-state index is -0.367. The van der Waals surface area contributed by atoms with Gasteiger partial charge in [-0.1, -0.05) is 127 Å². The fraction of sp³-hybridized carbons (Fsp3) is 0.114. The maximum Gasteiger partial charge on any atom is 0.0676 e. The highest BCUT2D eigenvalue weighted by Gasteiger charge is 2.49. The minimum absolute atomic E-state index is 0.367. The van der Waals surface area contributed by atoms with E-state index in [1.165, 1.54) is 50.8 Å². The first-order valence-corrected chi connectivity index (χ1v) is 16.0. The van der Waals surface area contributed by atoms with Crippen molar-refractivity contribution >= 4 is 34.4 Å². The molecule has 0 spiro atoms. The van der Waals surface area contributed by atoms with Gasteiger partial charge in [-0.05, 0) is 109 Å². The van der Waals surface area contributed by atoms with Crippen LogP contribution in [0, 0.1) is 5.41 Å². The van der Waals surface area contributed by atoms with Gasteiger partial charge in [-0.2, -0.15) is 0 Å². The van der Waals surface area contributed by atoms with Gasteiger partial charge in [0.25, 0.3) is 0 Å². The summed E-state index contributed by atoms with van der Waals surface area (Å²) in [6.45, 7) is 0. The van der Waals surface area contributed by atoms with E-state index in [4.69, 9.17) is 5.41 Å².